The molecule has 2 saturated heterocycles. The molecule has 1 N–H and O–H groups in total. The lowest BCUT2D eigenvalue weighted by Gasteiger charge is -2.41. The first-order valence-electron chi connectivity index (χ1n) is 4.77. The fraction of sp³-hybridized carbons (Fsp3) is 1.00. The highest BCUT2D eigenvalue weighted by atomic mass is 16.7. The predicted octanol–water partition coefficient (Wildman–Crippen LogP) is 1.05. The first-order chi connectivity index (χ1) is 5.81. The van der Waals surface area contributed by atoms with Gasteiger partial charge in [0.25, 0.3) is 0 Å². The molecule has 12 heavy (non-hydrogen) atoms. The summed E-state index contributed by atoms with van der Waals surface area (Å²) in [6.07, 6.45) is 4.73. The van der Waals surface area contributed by atoms with Crippen molar-refractivity contribution in [2.45, 2.75) is 44.0 Å². The van der Waals surface area contributed by atoms with Crippen molar-refractivity contribution in [3.8, 4) is 0 Å². The molecular weight excluding hydrogens is 156 g/mol. The Morgan fingerprint density at radius 2 is 2.08 bits per heavy atom. The summed E-state index contributed by atoms with van der Waals surface area (Å²) >= 11 is 0. The van der Waals surface area contributed by atoms with Gasteiger partial charge in [-0.15, -0.1) is 0 Å². The maximum Gasteiger partial charge on any atom is 0.168 e. The van der Waals surface area contributed by atoms with Crippen LogP contribution in [0.3, 0.4) is 0 Å². The third-order valence-corrected chi connectivity index (χ3v) is 2.71. The minimum absolute atomic E-state index is 0.277. The molecule has 2 atom stereocenters. The van der Waals surface area contributed by atoms with Crippen LogP contribution < -0.4 is 0 Å². The number of aliphatic hydroxyl groups excluding tert-OH is 1. The zero-order chi connectivity index (χ0) is 8.44. The number of rotatable bonds is 0. The van der Waals surface area contributed by atoms with E-state index >= 15 is 0 Å². The molecule has 2 aliphatic heterocycles. The van der Waals surface area contributed by atoms with Crippen molar-refractivity contribution in [1.82, 2.24) is 0 Å². The average molecular weight is 172 g/mol. The van der Waals surface area contributed by atoms with Gasteiger partial charge >= 0.3 is 0 Å². The molecule has 2 fully saturated rings. The minimum Gasteiger partial charge on any atom is -0.391 e. The molecule has 1 spiro atoms. The lowest BCUT2D eigenvalue weighted by atomic mass is 9.96. The molecule has 0 aromatic heterocycles. The van der Waals surface area contributed by atoms with Gasteiger partial charge in [0.2, 0.25) is 0 Å². The van der Waals surface area contributed by atoms with Crippen LogP contribution in [0.25, 0.3) is 0 Å². The molecule has 0 bridgehead atoms. The SMILES string of the molecule is O[C@H]1CC[C@@]2(CCCCO2)OC1. The van der Waals surface area contributed by atoms with Crippen LogP contribution >= 0.6 is 0 Å². The van der Waals surface area contributed by atoms with Crippen molar-refractivity contribution in [3.63, 3.8) is 0 Å². The molecule has 0 aromatic carbocycles. The van der Waals surface area contributed by atoms with Gasteiger partial charge in [0.05, 0.1) is 19.3 Å². The van der Waals surface area contributed by atoms with E-state index in [0.717, 1.165) is 32.3 Å². The Labute approximate surface area is 72.7 Å². The van der Waals surface area contributed by atoms with Crippen molar-refractivity contribution in [3.05, 3.63) is 0 Å². The molecule has 0 saturated carbocycles. The summed E-state index contributed by atoms with van der Waals surface area (Å²) in [5, 5.41) is 9.24. The Morgan fingerprint density at radius 1 is 1.17 bits per heavy atom. The standard InChI is InChI=1S/C9H16O3/c10-8-3-5-9(12-7-8)4-1-2-6-11-9/h8,10H,1-7H2/t8-,9+/m0/s1. The van der Waals surface area contributed by atoms with Crippen molar-refractivity contribution in [2.75, 3.05) is 13.2 Å². The summed E-state index contributed by atoms with van der Waals surface area (Å²) in [6.45, 7) is 1.26. The second-order valence-corrected chi connectivity index (χ2v) is 3.72. The molecule has 2 rings (SSSR count). The van der Waals surface area contributed by atoms with Crippen LogP contribution in [-0.4, -0.2) is 30.2 Å². The maximum absolute atomic E-state index is 9.24. The predicted molar refractivity (Wildman–Crippen MR) is 43.7 cm³/mol. The van der Waals surface area contributed by atoms with Crippen LogP contribution in [-0.2, 0) is 9.47 Å². The highest BCUT2D eigenvalue weighted by Crippen LogP contribution is 2.34. The third kappa shape index (κ3) is 1.63. The summed E-state index contributed by atoms with van der Waals surface area (Å²) in [7, 11) is 0. The van der Waals surface area contributed by atoms with Crippen molar-refractivity contribution in [2.24, 2.45) is 0 Å². The zero-order valence-electron chi connectivity index (χ0n) is 7.29. The molecule has 2 aliphatic rings. The number of ether oxygens (including phenoxy) is 2. The van der Waals surface area contributed by atoms with Crippen molar-refractivity contribution in [1.29, 1.82) is 0 Å². The highest BCUT2D eigenvalue weighted by molar-refractivity contribution is 4.79. The third-order valence-electron chi connectivity index (χ3n) is 2.71. The molecule has 0 unspecified atom stereocenters. The Balaban J connectivity index is 1.92. The van der Waals surface area contributed by atoms with Crippen LogP contribution in [0.1, 0.15) is 32.1 Å². The highest BCUT2D eigenvalue weighted by Gasteiger charge is 2.38. The lowest BCUT2D eigenvalue weighted by molar-refractivity contribution is -0.286. The van der Waals surface area contributed by atoms with Gasteiger partial charge < -0.3 is 14.6 Å². The summed E-state index contributed by atoms with van der Waals surface area (Å²) in [5.41, 5.74) is 0. The normalized spacial score (nSPS) is 43.2. The summed E-state index contributed by atoms with van der Waals surface area (Å²) in [5.74, 6) is -0.322. The molecule has 0 amide bonds. The first kappa shape index (κ1) is 8.48. The average Bonchev–Trinajstić information content (AvgIpc) is 2.13. The largest absolute Gasteiger partial charge is 0.391 e. The Kier molecular flexibility index (Phi) is 2.35. The van der Waals surface area contributed by atoms with Gasteiger partial charge in [-0.1, -0.05) is 0 Å². The summed E-state index contributed by atoms with van der Waals surface area (Å²) in [4.78, 5) is 0. The minimum atomic E-state index is -0.322. The van der Waals surface area contributed by atoms with E-state index in [1.54, 1.807) is 0 Å². The van der Waals surface area contributed by atoms with E-state index in [1.165, 1.54) is 6.42 Å². The number of hydrogen-bond acceptors (Lipinski definition) is 3. The van der Waals surface area contributed by atoms with Gasteiger partial charge in [0, 0.05) is 12.8 Å². The van der Waals surface area contributed by atoms with E-state index in [9.17, 15) is 5.11 Å². The Morgan fingerprint density at radius 3 is 2.67 bits per heavy atom. The van der Waals surface area contributed by atoms with Gasteiger partial charge in [0.15, 0.2) is 5.79 Å². The van der Waals surface area contributed by atoms with Gasteiger partial charge in [-0.25, -0.2) is 0 Å². The first-order valence-corrected chi connectivity index (χ1v) is 4.77. The second kappa shape index (κ2) is 3.32. The smallest absolute Gasteiger partial charge is 0.168 e. The molecule has 3 heteroatoms. The molecule has 0 radical (unpaired) electrons. The quantitative estimate of drug-likeness (QED) is 0.593. The summed E-state index contributed by atoms with van der Waals surface area (Å²) < 4.78 is 11.2. The van der Waals surface area contributed by atoms with E-state index in [2.05, 4.69) is 0 Å². The molecule has 3 nitrogen and oxygen atoms in total. The lowest BCUT2D eigenvalue weighted by Crippen LogP contribution is -2.45. The van der Waals surface area contributed by atoms with Crippen molar-refractivity contribution < 1.29 is 14.6 Å². The Bertz CT molecular complexity index is 142. The molecule has 2 heterocycles. The van der Waals surface area contributed by atoms with Gasteiger partial charge in [0.1, 0.15) is 0 Å². The van der Waals surface area contributed by atoms with Gasteiger partial charge in [-0.2, -0.15) is 0 Å². The van der Waals surface area contributed by atoms with E-state index in [-0.39, 0.29) is 11.9 Å². The van der Waals surface area contributed by atoms with Crippen LogP contribution in [0, 0.1) is 0 Å². The van der Waals surface area contributed by atoms with Gasteiger partial charge in [-0.05, 0) is 19.3 Å². The maximum atomic E-state index is 9.24. The molecule has 0 aromatic rings. The molecular formula is C9H16O3. The van der Waals surface area contributed by atoms with E-state index < -0.39 is 0 Å². The number of hydrogen-bond donors (Lipinski definition) is 1. The van der Waals surface area contributed by atoms with Gasteiger partial charge in [-0.3, -0.25) is 0 Å². The molecule has 0 aliphatic carbocycles. The monoisotopic (exact) mass is 172 g/mol. The van der Waals surface area contributed by atoms with E-state index in [4.69, 9.17) is 9.47 Å². The second-order valence-electron chi connectivity index (χ2n) is 3.72. The van der Waals surface area contributed by atoms with Crippen LogP contribution in [0.4, 0.5) is 0 Å². The van der Waals surface area contributed by atoms with Crippen LogP contribution in [0.5, 0.6) is 0 Å². The number of aliphatic hydroxyl groups is 1. The summed E-state index contributed by atoms with van der Waals surface area (Å²) in [6, 6.07) is 0. The Hall–Kier alpha value is -0.120. The topological polar surface area (TPSA) is 38.7 Å². The van der Waals surface area contributed by atoms with E-state index in [1.807, 2.05) is 0 Å². The van der Waals surface area contributed by atoms with Crippen LogP contribution in [0.15, 0.2) is 0 Å². The fourth-order valence-corrected chi connectivity index (χ4v) is 1.93. The fourth-order valence-electron chi connectivity index (χ4n) is 1.93. The zero-order valence-corrected chi connectivity index (χ0v) is 7.29. The van der Waals surface area contributed by atoms with Crippen LogP contribution in [0.2, 0.25) is 0 Å². The van der Waals surface area contributed by atoms with Crippen molar-refractivity contribution >= 4 is 0 Å². The van der Waals surface area contributed by atoms with E-state index in [0.29, 0.717) is 6.61 Å². The molecule has 70 valence electrons.